The normalized spacial score (nSPS) is 17.3. The van der Waals surface area contributed by atoms with Crippen LogP contribution in [-0.4, -0.2) is 17.7 Å². The maximum Gasteiger partial charge on any atom is 0.103 e. The van der Waals surface area contributed by atoms with Crippen molar-refractivity contribution in [3.05, 3.63) is 54.4 Å². The molecule has 1 N–H and O–H groups in total. The molecule has 1 aromatic heterocycles. The number of aromatic nitrogens is 1. The van der Waals surface area contributed by atoms with Crippen LogP contribution in [0.3, 0.4) is 0 Å². The summed E-state index contributed by atoms with van der Waals surface area (Å²) >= 11 is 0. The lowest BCUT2D eigenvalue weighted by Gasteiger charge is -2.28. The highest BCUT2D eigenvalue weighted by molar-refractivity contribution is 5.61. The van der Waals surface area contributed by atoms with Crippen molar-refractivity contribution in [2.45, 2.75) is 25.9 Å². The third-order valence-corrected chi connectivity index (χ3v) is 3.57. The van der Waals surface area contributed by atoms with E-state index in [0.717, 1.165) is 25.1 Å². The van der Waals surface area contributed by atoms with Gasteiger partial charge in [-0.05, 0) is 30.2 Å². The van der Waals surface area contributed by atoms with Crippen molar-refractivity contribution < 1.29 is 0 Å². The summed E-state index contributed by atoms with van der Waals surface area (Å²) in [4.78, 5) is 6.53. The van der Waals surface area contributed by atoms with Gasteiger partial charge in [-0.3, -0.25) is 4.98 Å². The van der Waals surface area contributed by atoms with Gasteiger partial charge in [0.05, 0.1) is 0 Å². The summed E-state index contributed by atoms with van der Waals surface area (Å²) in [7, 11) is 0. The lowest BCUT2D eigenvalue weighted by molar-refractivity contribution is 0.674. The van der Waals surface area contributed by atoms with E-state index in [4.69, 9.17) is 0 Å². The van der Waals surface area contributed by atoms with Crippen LogP contribution in [0.25, 0.3) is 0 Å². The van der Waals surface area contributed by atoms with Crippen molar-refractivity contribution in [2.24, 2.45) is 0 Å². The van der Waals surface area contributed by atoms with Crippen molar-refractivity contribution in [3.63, 3.8) is 0 Å². The van der Waals surface area contributed by atoms with E-state index in [0.29, 0.717) is 6.17 Å². The molecule has 98 valence electrons. The smallest absolute Gasteiger partial charge is 0.103 e. The average Bonchev–Trinajstić information content (AvgIpc) is 2.79. The molecule has 0 bridgehead atoms. The van der Waals surface area contributed by atoms with Gasteiger partial charge in [-0.2, -0.15) is 0 Å². The Bertz CT molecular complexity index is 539. The van der Waals surface area contributed by atoms with E-state index < -0.39 is 0 Å². The Labute approximate surface area is 114 Å². The van der Waals surface area contributed by atoms with Gasteiger partial charge in [0.25, 0.3) is 0 Å². The Kier molecular flexibility index (Phi) is 3.36. The van der Waals surface area contributed by atoms with Crippen molar-refractivity contribution >= 4 is 11.4 Å². The molecule has 0 spiro atoms. The monoisotopic (exact) mass is 253 g/mol. The standard InChI is InChI=1S/C16H19N3/c1-2-11-19-15-6-4-3-5-13(15)12-16(19)18-14-7-9-17-10-8-14/h3-10,16H,2,11-12H2,1H3,(H,17,18). The number of para-hydroxylation sites is 1. The quantitative estimate of drug-likeness (QED) is 0.906. The average molecular weight is 253 g/mol. The Morgan fingerprint density at radius 2 is 2.00 bits per heavy atom. The summed E-state index contributed by atoms with van der Waals surface area (Å²) in [5, 5.41) is 3.61. The van der Waals surface area contributed by atoms with Crippen LogP contribution in [0.2, 0.25) is 0 Å². The van der Waals surface area contributed by atoms with Gasteiger partial charge in [-0.1, -0.05) is 25.1 Å². The Morgan fingerprint density at radius 3 is 2.79 bits per heavy atom. The molecule has 0 radical (unpaired) electrons. The van der Waals surface area contributed by atoms with Crippen LogP contribution >= 0.6 is 0 Å². The molecule has 1 atom stereocenters. The Hall–Kier alpha value is -2.03. The zero-order valence-electron chi connectivity index (χ0n) is 11.2. The maximum atomic E-state index is 4.06. The number of hydrogen-bond acceptors (Lipinski definition) is 3. The molecular formula is C16H19N3. The number of benzene rings is 1. The largest absolute Gasteiger partial charge is 0.365 e. The number of fused-ring (bicyclic) bond motifs is 1. The van der Waals surface area contributed by atoms with E-state index in [9.17, 15) is 0 Å². The number of anilines is 2. The minimum absolute atomic E-state index is 0.347. The van der Waals surface area contributed by atoms with Crippen molar-refractivity contribution in [1.29, 1.82) is 0 Å². The zero-order chi connectivity index (χ0) is 13.1. The summed E-state index contributed by atoms with van der Waals surface area (Å²) in [6.45, 7) is 3.31. The molecule has 1 aliphatic rings. The summed E-state index contributed by atoms with van der Waals surface area (Å²) in [6.07, 6.45) is 6.21. The van der Waals surface area contributed by atoms with Crippen LogP contribution in [0.5, 0.6) is 0 Å². The molecule has 1 aromatic carbocycles. The van der Waals surface area contributed by atoms with E-state index in [2.05, 4.69) is 46.4 Å². The number of nitrogens with one attached hydrogen (secondary N) is 1. The van der Waals surface area contributed by atoms with Crippen molar-refractivity contribution in [3.8, 4) is 0 Å². The highest BCUT2D eigenvalue weighted by Gasteiger charge is 2.27. The SMILES string of the molecule is CCCN1c2ccccc2CC1Nc1ccncc1. The van der Waals surface area contributed by atoms with E-state index in [-0.39, 0.29) is 0 Å². The van der Waals surface area contributed by atoms with E-state index >= 15 is 0 Å². The topological polar surface area (TPSA) is 28.2 Å². The van der Waals surface area contributed by atoms with Crippen LogP contribution in [0.15, 0.2) is 48.8 Å². The lowest BCUT2D eigenvalue weighted by Crippen LogP contribution is -2.38. The summed E-state index contributed by atoms with van der Waals surface area (Å²) in [6, 6.07) is 12.7. The van der Waals surface area contributed by atoms with Crippen molar-refractivity contribution in [1.82, 2.24) is 4.98 Å². The molecule has 2 heterocycles. The summed E-state index contributed by atoms with van der Waals surface area (Å²) in [5.74, 6) is 0. The second kappa shape index (κ2) is 5.31. The number of hydrogen-bond donors (Lipinski definition) is 1. The van der Waals surface area contributed by atoms with Gasteiger partial charge in [0, 0.05) is 36.7 Å². The highest BCUT2D eigenvalue weighted by atomic mass is 15.3. The molecule has 3 heteroatoms. The molecule has 0 saturated heterocycles. The minimum atomic E-state index is 0.347. The summed E-state index contributed by atoms with van der Waals surface area (Å²) in [5.41, 5.74) is 3.94. The molecular weight excluding hydrogens is 234 g/mol. The van der Waals surface area contributed by atoms with Gasteiger partial charge in [-0.25, -0.2) is 0 Å². The van der Waals surface area contributed by atoms with Crippen LogP contribution in [-0.2, 0) is 6.42 Å². The first-order valence-corrected chi connectivity index (χ1v) is 6.89. The maximum absolute atomic E-state index is 4.06. The van der Waals surface area contributed by atoms with Crippen molar-refractivity contribution in [2.75, 3.05) is 16.8 Å². The fourth-order valence-corrected chi connectivity index (χ4v) is 2.74. The third-order valence-electron chi connectivity index (χ3n) is 3.57. The fraction of sp³-hybridized carbons (Fsp3) is 0.312. The Balaban J connectivity index is 1.83. The second-order valence-corrected chi connectivity index (χ2v) is 4.92. The molecule has 2 aromatic rings. The molecule has 3 nitrogen and oxygen atoms in total. The molecule has 19 heavy (non-hydrogen) atoms. The van der Waals surface area contributed by atoms with E-state index in [1.165, 1.54) is 11.3 Å². The van der Waals surface area contributed by atoms with Gasteiger partial charge >= 0.3 is 0 Å². The van der Waals surface area contributed by atoms with Gasteiger partial charge in [0.1, 0.15) is 6.17 Å². The van der Waals surface area contributed by atoms with E-state index in [1.54, 1.807) is 0 Å². The molecule has 0 fully saturated rings. The number of nitrogens with zero attached hydrogens (tertiary/aromatic N) is 2. The molecule has 1 aliphatic heterocycles. The minimum Gasteiger partial charge on any atom is -0.365 e. The van der Waals surface area contributed by atoms with Gasteiger partial charge < -0.3 is 10.2 Å². The third kappa shape index (κ3) is 2.41. The fourth-order valence-electron chi connectivity index (χ4n) is 2.74. The van der Waals surface area contributed by atoms with Crippen LogP contribution < -0.4 is 10.2 Å². The van der Waals surface area contributed by atoms with Gasteiger partial charge in [0.2, 0.25) is 0 Å². The zero-order valence-corrected chi connectivity index (χ0v) is 11.2. The Morgan fingerprint density at radius 1 is 1.21 bits per heavy atom. The van der Waals surface area contributed by atoms with Gasteiger partial charge in [0.15, 0.2) is 0 Å². The molecule has 3 rings (SSSR count). The first-order valence-electron chi connectivity index (χ1n) is 6.89. The first-order chi connectivity index (χ1) is 9.38. The van der Waals surface area contributed by atoms with E-state index in [1.807, 2.05) is 24.5 Å². The summed E-state index contributed by atoms with van der Waals surface area (Å²) < 4.78 is 0. The second-order valence-electron chi connectivity index (χ2n) is 4.92. The van der Waals surface area contributed by atoms with Crippen LogP contribution in [0, 0.1) is 0 Å². The molecule has 0 aliphatic carbocycles. The predicted octanol–water partition coefficient (Wildman–Crippen LogP) is 3.29. The first kappa shape index (κ1) is 12.0. The predicted molar refractivity (Wildman–Crippen MR) is 79.4 cm³/mol. The highest BCUT2D eigenvalue weighted by Crippen LogP contribution is 2.32. The van der Waals surface area contributed by atoms with Gasteiger partial charge in [-0.15, -0.1) is 0 Å². The van der Waals surface area contributed by atoms with Crippen LogP contribution in [0.4, 0.5) is 11.4 Å². The lowest BCUT2D eigenvalue weighted by atomic mass is 10.1. The number of rotatable bonds is 4. The molecule has 0 saturated carbocycles. The van der Waals surface area contributed by atoms with Crippen LogP contribution in [0.1, 0.15) is 18.9 Å². The number of pyridine rings is 1. The molecule has 1 unspecified atom stereocenters. The molecule has 0 amide bonds.